The van der Waals surface area contributed by atoms with Crippen LogP contribution in [0.15, 0.2) is 18.2 Å². The van der Waals surface area contributed by atoms with Gasteiger partial charge in [-0.2, -0.15) is 13.2 Å². The largest absolute Gasteiger partial charge is 0.419 e. The number of halogens is 4. The highest BCUT2D eigenvalue weighted by atomic mass is 19.4. The smallest absolute Gasteiger partial charge is 0.310 e. The molecule has 0 heterocycles. The molecule has 0 aliphatic heterocycles. The molecule has 1 rings (SSSR count). The molecule has 1 nitrogen and oxygen atoms in total. The molecule has 0 radical (unpaired) electrons. The average molecular weight is 277 g/mol. The highest BCUT2D eigenvalue weighted by Crippen LogP contribution is 2.32. The Bertz CT molecular complexity index is 432. The fourth-order valence-corrected chi connectivity index (χ4v) is 1.48. The molecule has 1 aromatic rings. The van der Waals surface area contributed by atoms with Crippen LogP contribution in [0.3, 0.4) is 0 Å². The topological polar surface area (TPSA) is 12.0 Å². The van der Waals surface area contributed by atoms with E-state index in [0.717, 1.165) is 12.1 Å². The number of rotatable bonds is 3. The molecule has 0 aliphatic carbocycles. The Hall–Kier alpha value is -1.10. The Labute approximate surface area is 111 Å². The molecule has 0 spiro atoms. The molecule has 108 valence electrons. The predicted octanol–water partition coefficient (Wildman–Crippen LogP) is 4.37. The first-order valence-electron chi connectivity index (χ1n) is 6.11. The maximum atomic E-state index is 13.1. The van der Waals surface area contributed by atoms with Crippen molar-refractivity contribution in [1.82, 2.24) is 5.32 Å². The van der Waals surface area contributed by atoms with Crippen LogP contribution in [-0.2, 0) is 12.7 Å². The van der Waals surface area contributed by atoms with Crippen molar-refractivity contribution in [2.24, 2.45) is 5.41 Å². The van der Waals surface area contributed by atoms with Crippen LogP contribution in [0.4, 0.5) is 17.6 Å². The van der Waals surface area contributed by atoms with Crippen molar-refractivity contribution in [1.29, 1.82) is 0 Å². The summed E-state index contributed by atoms with van der Waals surface area (Å²) in [6, 6.07) is 3.22. The molecule has 5 heteroatoms. The number of nitrogens with one attached hydrogen (secondary N) is 1. The fraction of sp³-hybridized carbons (Fsp3) is 0.571. The molecule has 0 amide bonds. The summed E-state index contributed by atoms with van der Waals surface area (Å²) in [5, 5.41) is 3.15. The van der Waals surface area contributed by atoms with Crippen LogP contribution in [0, 0.1) is 11.2 Å². The minimum atomic E-state index is -4.66. The maximum Gasteiger partial charge on any atom is 0.419 e. The van der Waals surface area contributed by atoms with Crippen molar-refractivity contribution in [2.45, 2.75) is 46.5 Å². The summed E-state index contributed by atoms with van der Waals surface area (Å²) in [4.78, 5) is 0. The van der Waals surface area contributed by atoms with E-state index in [0.29, 0.717) is 5.56 Å². The van der Waals surface area contributed by atoms with Gasteiger partial charge in [-0.1, -0.05) is 26.8 Å². The lowest BCUT2D eigenvalue weighted by atomic mass is 9.88. The second-order valence-corrected chi connectivity index (χ2v) is 5.78. The van der Waals surface area contributed by atoms with Crippen LogP contribution in [0.25, 0.3) is 0 Å². The lowest BCUT2D eigenvalue weighted by Crippen LogP contribution is -2.37. The highest BCUT2D eigenvalue weighted by Gasteiger charge is 2.34. The van der Waals surface area contributed by atoms with Crippen LogP contribution < -0.4 is 5.32 Å². The Morgan fingerprint density at radius 1 is 1.16 bits per heavy atom. The SMILES string of the molecule is CC(NCc1ccc(F)c(C(F)(F)F)c1)C(C)(C)C. The van der Waals surface area contributed by atoms with Crippen LogP contribution in [-0.4, -0.2) is 6.04 Å². The van der Waals surface area contributed by atoms with Gasteiger partial charge < -0.3 is 5.32 Å². The summed E-state index contributed by atoms with van der Waals surface area (Å²) < 4.78 is 50.8. The molecule has 1 unspecified atom stereocenters. The molecular weight excluding hydrogens is 258 g/mol. The van der Waals surface area contributed by atoms with Gasteiger partial charge in [-0.25, -0.2) is 4.39 Å². The summed E-state index contributed by atoms with van der Waals surface area (Å²) >= 11 is 0. The Morgan fingerprint density at radius 2 is 1.74 bits per heavy atom. The molecule has 0 saturated heterocycles. The third-order valence-electron chi connectivity index (χ3n) is 3.25. The van der Waals surface area contributed by atoms with Gasteiger partial charge in [0.1, 0.15) is 5.82 Å². The Balaban J connectivity index is 2.82. The first-order valence-corrected chi connectivity index (χ1v) is 6.11. The number of alkyl halides is 3. The van der Waals surface area contributed by atoms with E-state index in [2.05, 4.69) is 5.32 Å². The zero-order valence-electron chi connectivity index (χ0n) is 11.5. The van der Waals surface area contributed by atoms with Crippen molar-refractivity contribution >= 4 is 0 Å². The van der Waals surface area contributed by atoms with Crippen molar-refractivity contribution < 1.29 is 17.6 Å². The van der Waals surface area contributed by atoms with Crippen LogP contribution in [0.1, 0.15) is 38.8 Å². The zero-order chi connectivity index (χ0) is 14.8. The summed E-state index contributed by atoms with van der Waals surface area (Å²) in [5.74, 6) is -1.24. The van der Waals surface area contributed by atoms with Crippen molar-refractivity contribution in [3.05, 3.63) is 35.1 Å². The minimum absolute atomic E-state index is 0.00683. The van der Waals surface area contributed by atoms with Gasteiger partial charge in [0.05, 0.1) is 5.56 Å². The predicted molar refractivity (Wildman–Crippen MR) is 67.2 cm³/mol. The van der Waals surface area contributed by atoms with Crippen LogP contribution >= 0.6 is 0 Å². The standard InChI is InChI=1S/C14H19F4N/c1-9(13(2,3)4)19-8-10-5-6-12(15)11(7-10)14(16,17)18/h5-7,9,19H,8H2,1-4H3. The lowest BCUT2D eigenvalue weighted by molar-refractivity contribution is -0.140. The van der Waals surface area contributed by atoms with Gasteiger partial charge in [0, 0.05) is 12.6 Å². The molecule has 0 aromatic heterocycles. The van der Waals surface area contributed by atoms with E-state index < -0.39 is 17.6 Å². The van der Waals surface area contributed by atoms with Crippen molar-refractivity contribution in [3.8, 4) is 0 Å². The van der Waals surface area contributed by atoms with Gasteiger partial charge in [-0.05, 0) is 30.0 Å². The molecule has 0 saturated carbocycles. The molecule has 1 aromatic carbocycles. The minimum Gasteiger partial charge on any atom is -0.310 e. The number of hydrogen-bond acceptors (Lipinski definition) is 1. The van der Waals surface area contributed by atoms with E-state index >= 15 is 0 Å². The van der Waals surface area contributed by atoms with Gasteiger partial charge in [0.25, 0.3) is 0 Å². The monoisotopic (exact) mass is 277 g/mol. The summed E-state index contributed by atoms with van der Waals surface area (Å²) in [7, 11) is 0. The molecule has 1 N–H and O–H groups in total. The van der Waals surface area contributed by atoms with E-state index in [4.69, 9.17) is 0 Å². The summed E-state index contributed by atoms with van der Waals surface area (Å²) in [6.07, 6.45) is -4.66. The summed E-state index contributed by atoms with van der Waals surface area (Å²) in [5.41, 5.74) is -0.785. The van der Waals surface area contributed by atoms with E-state index in [9.17, 15) is 17.6 Å². The third-order valence-corrected chi connectivity index (χ3v) is 3.25. The zero-order valence-corrected chi connectivity index (χ0v) is 11.5. The Kier molecular flexibility index (Phi) is 4.61. The van der Waals surface area contributed by atoms with Gasteiger partial charge in [-0.15, -0.1) is 0 Å². The second-order valence-electron chi connectivity index (χ2n) is 5.78. The first kappa shape index (κ1) is 16.0. The van der Waals surface area contributed by atoms with Crippen molar-refractivity contribution in [3.63, 3.8) is 0 Å². The fourth-order valence-electron chi connectivity index (χ4n) is 1.48. The average Bonchev–Trinajstić information content (AvgIpc) is 2.24. The number of benzene rings is 1. The molecule has 0 bridgehead atoms. The second kappa shape index (κ2) is 5.49. The molecule has 0 fully saturated rings. The third kappa shape index (κ3) is 4.49. The Morgan fingerprint density at radius 3 is 2.21 bits per heavy atom. The molecule has 19 heavy (non-hydrogen) atoms. The summed E-state index contributed by atoms with van der Waals surface area (Å²) in [6.45, 7) is 8.36. The molecule has 0 aliphatic rings. The van der Waals surface area contributed by atoms with Gasteiger partial charge in [0.2, 0.25) is 0 Å². The lowest BCUT2D eigenvalue weighted by Gasteiger charge is -2.28. The highest BCUT2D eigenvalue weighted by molar-refractivity contribution is 5.27. The normalized spacial score (nSPS) is 14.5. The van der Waals surface area contributed by atoms with Gasteiger partial charge >= 0.3 is 6.18 Å². The van der Waals surface area contributed by atoms with E-state index in [1.165, 1.54) is 6.07 Å². The molecular formula is C14H19F4N. The van der Waals surface area contributed by atoms with Crippen molar-refractivity contribution in [2.75, 3.05) is 0 Å². The number of hydrogen-bond donors (Lipinski definition) is 1. The van der Waals surface area contributed by atoms with Gasteiger partial charge in [-0.3, -0.25) is 0 Å². The van der Waals surface area contributed by atoms with Crippen LogP contribution in [0.5, 0.6) is 0 Å². The van der Waals surface area contributed by atoms with E-state index in [1.807, 2.05) is 27.7 Å². The van der Waals surface area contributed by atoms with Gasteiger partial charge in [0.15, 0.2) is 0 Å². The maximum absolute atomic E-state index is 13.1. The molecule has 1 atom stereocenters. The van der Waals surface area contributed by atoms with Crippen LogP contribution in [0.2, 0.25) is 0 Å². The van der Waals surface area contributed by atoms with E-state index in [1.54, 1.807) is 0 Å². The van der Waals surface area contributed by atoms with E-state index in [-0.39, 0.29) is 18.0 Å². The first-order chi connectivity index (χ1) is 8.51. The quantitative estimate of drug-likeness (QED) is 0.809.